The Hall–Kier alpha value is -2.38. The lowest BCUT2D eigenvalue weighted by atomic mass is 10.1. The first kappa shape index (κ1) is 17.1. The topological polar surface area (TPSA) is 62.3 Å². The zero-order chi connectivity index (χ0) is 18.1. The van der Waals surface area contributed by atoms with Crippen LogP contribution in [-0.4, -0.2) is 26.2 Å². The average Bonchev–Trinajstić information content (AvgIpc) is 3.27. The standard InChI is InChI=1S/C19H19N3O2S2/c1-26(23,24)22-10-9-16-11-15(7-8-18(16)22)17-13-25-19(21-17)20-12-14-5-3-2-4-6-14/h2-8,11,13H,9-10,12H2,1H3,(H,20,21). The summed E-state index contributed by atoms with van der Waals surface area (Å²) < 4.78 is 25.2. The van der Waals surface area contributed by atoms with Crippen molar-refractivity contribution in [2.75, 3.05) is 22.4 Å². The summed E-state index contributed by atoms with van der Waals surface area (Å²) in [7, 11) is -3.21. The second-order valence-corrected chi connectivity index (χ2v) is 9.07. The molecule has 0 bridgehead atoms. The van der Waals surface area contributed by atoms with Gasteiger partial charge in [-0.15, -0.1) is 11.3 Å². The molecule has 1 N–H and O–H groups in total. The van der Waals surface area contributed by atoms with Crippen LogP contribution in [0.3, 0.4) is 0 Å². The third kappa shape index (κ3) is 3.45. The zero-order valence-electron chi connectivity index (χ0n) is 14.3. The van der Waals surface area contributed by atoms with E-state index in [0.717, 1.165) is 40.6 Å². The number of thiazole rings is 1. The summed E-state index contributed by atoms with van der Waals surface area (Å²) in [5.41, 5.74) is 4.98. The highest BCUT2D eigenvalue weighted by Gasteiger charge is 2.26. The number of nitrogens with one attached hydrogen (secondary N) is 1. The van der Waals surface area contributed by atoms with Gasteiger partial charge in [0, 0.05) is 24.0 Å². The molecule has 134 valence electrons. The van der Waals surface area contributed by atoms with Crippen LogP contribution in [0.5, 0.6) is 0 Å². The van der Waals surface area contributed by atoms with E-state index < -0.39 is 10.0 Å². The summed E-state index contributed by atoms with van der Waals surface area (Å²) in [6.07, 6.45) is 1.99. The molecule has 0 fully saturated rings. The molecular weight excluding hydrogens is 366 g/mol. The molecule has 0 saturated carbocycles. The van der Waals surface area contributed by atoms with Crippen molar-refractivity contribution in [1.29, 1.82) is 0 Å². The van der Waals surface area contributed by atoms with Gasteiger partial charge < -0.3 is 5.32 Å². The van der Waals surface area contributed by atoms with Crippen LogP contribution in [0.2, 0.25) is 0 Å². The predicted octanol–water partition coefficient (Wildman–Crippen LogP) is 3.74. The minimum Gasteiger partial charge on any atom is -0.357 e. The fourth-order valence-corrected chi connectivity index (χ4v) is 4.81. The monoisotopic (exact) mass is 385 g/mol. The third-order valence-corrected chi connectivity index (χ3v) is 6.40. The molecule has 0 unspecified atom stereocenters. The molecule has 0 saturated heterocycles. The van der Waals surface area contributed by atoms with Crippen molar-refractivity contribution in [2.45, 2.75) is 13.0 Å². The van der Waals surface area contributed by atoms with Gasteiger partial charge in [-0.05, 0) is 29.7 Å². The van der Waals surface area contributed by atoms with Crippen molar-refractivity contribution in [1.82, 2.24) is 4.98 Å². The molecule has 4 rings (SSSR count). The number of anilines is 2. The van der Waals surface area contributed by atoms with Gasteiger partial charge in [0.1, 0.15) is 0 Å². The Balaban J connectivity index is 1.52. The fourth-order valence-electron chi connectivity index (χ4n) is 3.14. The molecule has 1 aliphatic heterocycles. The van der Waals surface area contributed by atoms with Crippen LogP contribution in [0.4, 0.5) is 10.8 Å². The quantitative estimate of drug-likeness (QED) is 0.727. The number of nitrogens with zero attached hydrogens (tertiary/aromatic N) is 2. The van der Waals surface area contributed by atoms with Gasteiger partial charge in [0.15, 0.2) is 5.13 Å². The Labute approximate surface area is 157 Å². The molecule has 3 aromatic rings. The highest BCUT2D eigenvalue weighted by atomic mass is 32.2. The van der Waals surface area contributed by atoms with E-state index in [4.69, 9.17) is 0 Å². The first-order valence-electron chi connectivity index (χ1n) is 8.35. The summed E-state index contributed by atoms with van der Waals surface area (Å²) in [4.78, 5) is 4.66. The number of hydrogen-bond acceptors (Lipinski definition) is 5. The van der Waals surface area contributed by atoms with E-state index in [1.54, 1.807) is 11.3 Å². The largest absolute Gasteiger partial charge is 0.357 e. The summed E-state index contributed by atoms with van der Waals surface area (Å²) in [5, 5.41) is 6.25. The Bertz CT molecular complexity index is 1030. The maximum atomic E-state index is 11.9. The van der Waals surface area contributed by atoms with Crippen LogP contribution in [-0.2, 0) is 23.0 Å². The number of aromatic nitrogens is 1. The van der Waals surface area contributed by atoms with Crippen LogP contribution >= 0.6 is 11.3 Å². The van der Waals surface area contributed by atoms with Crippen LogP contribution in [0.1, 0.15) is 11.1 Å². The van der Waals surface area contributed by atoms with Gasteiger partial charge in [0.05, 0.1) is 17.6 Å². The summed E-state index contributed by atoms with van der Waals surface area (Å²) >= 11 is 1.57. The van der Waals surface area contributed by atoms with Gasteiger partial charge in [-0.1, -0.05) is 36.4 Å². The van der Waals surface area contributed by atoms with Gasteiger partial charge in [-0.25, -0.2) is 13.4 Å². The molecule has 5 nitrogen and oxygen atoms in total. The summed E-state index contributed by atoms with van der Waals surface area (Å²) in [6, 6.07) is 16.1. The minimum absolute atomic E-state index is 0.512. The number of benzene rings is 2. The fraction of sp³-hybridized carbons (Fsp3) is 0.211. The molecule has 0 amide bonds. The van der Waals surface area contributed by atoms with Crippen LogP contribution < -0.4 is 9.62 Å². The van der Waals surface area contributed by atoms with E-state index in [1.165, 1.54) is 16.1 Å². The normalized spacial score (nSPS) is 13.7. The molecule has 0 spiro atoms. The molecule has 1 aromatic heterocycles. The lowest BCUT2D eigenvalue weighted by Crippen LogP contribution is -2.27. The van der Waals surface area contributed by atoms with Crippen molar-refractivity contribution in [3.63, 3.8) is 0 Å². The molecule has 0 radical (unpaired) electrons. The molecule has 2 aromatic carbocycles. The first-order valence-corrected chi connectivity index (χ1v) is 11.1. The summed E-state index contributed by atoms with van der Waals surface area (Å²) in [5.74, 6) is 0. The average molecular weight is 386 g/mol. The van der Waals surface area contributed by atoms with Crippen molar-refractivity contribution in [3.8, 4) is 11.3 Å². The van der Waals surface area contributed by atoms with E-state index in [-0.39, 0.29) is 0 Å². The van der Waals surface area contributed by atoms with Gasteiger partial charge in [-0.3, -0.25) is 4.31 Å². The third-order valence-electron chi connectivity index (χ3n) is 4.42. The number of fused-ring (bicyclic) bond motifs is 1. The molecule has 0 aliphatic carbocycles. The Morgan fingerprint density at radius 1 is 1.19 bits per heavy atom. The molecular formula is C19H19N3O2S2. The van der Waals surface area contributed by atoms with Crippen molar-refractivity contribution in [3.05, 3.63) is 65.0 Å². The number of hydrogen-bond donors (Lipinski definition) is 1. The van der Waals surface area contributed by atoms with E-state index in [9.17, 15) is 8.42 Å². The first-order chi connectivity index (χ1) is 12.5. The summed E-state index contributed by atoms with van der Waals surface area (Å²) in [6.45, 7) is 1.25. The smallest absolute Gasteiger partial charge is 0.232 e. The second-order valence-electron chi connectivity index (χ2n) is 6.31. The SMILES string of the molecule is CS(=O)(=O)N1CCc2cc(-c3csc(NCc4ccccc4)n3)ccc21. The maximum absolute atomic E-state index is 11.9. The molecule has 7 heteroatoms. The lowest BCUT2D eigenvalue weighted by Gasteiger charge is -2.16. The Morgan fingerprint density at radius 2 is 2.00 bits per heavy atom. The van der Waals surface area contributed by atoms with Crippen LogP contribution in [0.15, 0.2) is 53.9 Å². The molecule has 2 heterocycles. The van der Waals surface area contributed by atoms with Crippen molar-refractivity contribution in [2.24, 2.45) is 0 Å². The number of sulfonamides is 1. The van der Waals surface area contributed by atoms with Gasteiger partial charge in [0.2, 0.25) is 10.0 Å². The van der Waals surface area contributed by atoms with Crippen molar-refractivity contribution < 1.29 is 8.42 Å². The predicted molar refractivity (Wildman–Crippen MR) is 107 cm³/mol. The van der Waals surface area contributed by atoms with Gasteiger partial charge in [0.25, 0.3) is 0 Å². The zero-order valence-corrected chi connectivity index (χ0v) is 16.0. The van der Waals surface area contributed by atoms with Crippen LogP contribution in [0, 0.1) is 0 Å². The minimum atomic E-state index is -3.21. The van der Waals surface area contributed by atoms with E-state index in [0.29, 0.717) is 6.54 Å². The van der Waals surface area contributed by atoms with E-state index >= 15 is 0 Å². The maximum Gasteiger partial charge on any atom is 0.232 e. The second kappa shape index (κ2) is 6.74. The van der Waals surface area contributed by atoms with E-state index in [2.05, 4.69) is 28.5 Å². The van der Waals surface area contributed by atoms with E-state index in [1.807, 2.05) is 35.7 Å². The molecule has 1 aliphatic rings. The molecule has 26 heavy (non-hydrogen) atoms. The van der Waals surface area contributed by atoms with Gasteiger partial charge >= 0.3 is 0 Å². The Kier molecular flexibility index (Phi) is 4.42. The highest BCUT2D eigenvalue weighted by Crippen LogP contribution is 2.34. The van der Waals surface area contributed by atoms with Crippen molar-refractivity contribution >= 4 is 32.2 Å². The highest BCUT2D eigenvalue weighted by molar-refractivity contribution is 7.92. The molecule has 0 atom stereocenters. The lowest BCUT2D eigenvalue weighted by molar-refractivity contribution is 0.598. The Morgan fingerprint density at radius 3 is 2.77 bits per heavy atom. The number of rotatable bonds is 5. The van der Waals surface area contributed by atoms with Gasteiger partial charge in [-0.2, -0.15) is 0 Å². The van der Waals surface area contributed by atoms with Crippen LogP contribution in [0.25, 0.3) is 11.3 Å².